The molecule has 4 nitrogen and oxygen atoms in total. The van der Waals surface area contributed by atoms with E-state index in [1.54, 1.807) is 0 Å². The van der Waals surface area contributed by atoms with E-state index in [9.17, 15) is 0 Å². The molecule has 2 heterocycles. The predicted molar refractivity (Wildman–Crippen MR) is 75.8 cm³/mol. The summed E-state index contributed by atoms with van der Waals surface area (Å²) in [7, 11) is 2.05. The van der Waals surface area contributed by atoms with Crippen LogP contribution in [0, 0.1) is 0 Å². The normalized spacial score (nSPS) is 18.5. The largest absolute Gasteiger partial charge is 0.351 e. The van der Waals surface area contributed by atoms with Gasteiger partial charge in [0, 0.05) is 49.3 Å². The topological polar surface area (TPSA) is 34.8 Å². The molecular formula is C15H22N4. The van der Waals surface area contributed by atoms with Crippen molar-refractivity contribution < 1.29 is 0 Å². The van der Waals surface area contributed by atoms with Crippen molar-refractivity contribution in [3.8, 4) is 0 Å². The summed E-state index contributed by atoms with van der Waals surface area (Å²) in [4.78, 5) is 0. The van der Waals surface area contributed by atoms with Crippen LogP contribution in [-0.2, 0) is 26.6 Å². The molecule has 0 amide bonds. The minimum Gasteiger partial charge on any atom is -0.351 e. The quantitative estimate of drug-likeness (QED) is 0.914. The van der Waals surface area contributed by atoms with Gasteiger partial charge >= 0.3 is 0 Å². The van der Waals surface area contributed by atoms with Gasteiger partial charge in [-0.05, 0) is 38.3 Å². The summed E-state index contributed by atoms with van der Waals surface area (Å²) in [5.41, 5.74) is 4.15. The Morgan fingerprint density at radius 3 is 3.21 bits per heavy atom. The number of nitrogens with zero attached hydrogens (tertiary/aromatic N) is 3. The first-order chi connectivity index (χ1) is 9.29. The molecule has 1 aliphatic rings. The number of aryl methyl sites for hydroxylation is 2. The second-order valence-electron chi connectivity index (χ2n) is 5.28. The summed E-state index contributed by atoms with van der Waals surface area (Å²) in [5, 5.41) is 8.09. The summed E-state index contributed by atoms with van der Waals surface area (Å²) in [6, 6.07) is 4.78. The third-order valence-electron chi connectivity index (χ3n) is 4.17. The molecule has 0 radical (unpaired) electrons. The Kier molecular flexibility index (Phi) is 3.42. The Hall–Kier alpha value is -1.55. The van der Waals surface area contributed by atoms with Crippen LogP contribution in [-0.4, -0.2) is 14.3 Å². The molecule has 1 atom stereocenters. The van der Waals surface area contributed by atoms with E-state index < -0.39 is 0 Å². The average molecular weight is 258 g/mol. The standard InChI is InChI=1S/C15H22N4/c1-3-19-9-5-6-12(19)10-16-14-7-4-8-15-13(14)11-17-18(15)2/h5-6,9,11,14,16H,3-4,7-8,10H2,1-2H3. The molecule has 0 fully saturated rings. The summed E-state index contributed by atoms with van der Waals surface area (Å²) < 4.78 is 4.32. The maximum atomic E-state index is 4.40. The van der Waals surface area contributed by atoms with Crippen molar-refractivity contribution in [1.82, 2.24) is 19.7 Å². The van der Waals surface area contributed by atoms with Gasteiger partial charge in [-0.3, -0.25) is 4.68 Å². The lowest BCUT2D eigenvalue weighted by molar-refractivity contribution is 0.444. The molecule has 0 aliphatic heterocycles. The lowest BCUT2D eigenvalue weighted by Gasteiger charge is -2.24. The number of hydrogen-bond donors (Lipinski definition) is 1. The molecule has 0 saturated carbocycles. The third-order valence-corrected chi connectivity index (χ3v) is 4.17. The molecule has 19 heavy (non-hydrogen) atoms. The van der Waals surface area contributed by atoms with Gasteiger partial charge in [-0.2, -0.15) is 5.10 Å². The summed E-state index contributed by atoms with van der Waals surface area (Å²) in [5.74, 6) is 0. The zero-order chi connectivity index (χ0) is 13.2. The fraction of sp³-hybridized carbons (Fsp3) is 0.533. The van der Waals surface area contributed by atoms with Crippen molar-refractivity contribution in [3.05, 3.63) is 41.5 Å². The predicted octanol–water partition coefficient (Wildman–Crippen LogP) is 2.41. The minimum atomic E-state index is 0.456. The van der Waals surface area contributed by atoms with Crippen molar-refractivity contribution in [2.45, 2.75) is 45.3 Å². The van der Waals surface area contributed by atoms with Gasteiger partial charge in [0.05, 0.1) is 6.20 Å². The first kappa shape index (κ1) is 12.5. The lowest BCUT2D eigenvalue weighted by Crippen LogP contribution is -2.25. The van der Waals surface area contributed by atoms with E-state index in [2.05, 4.69) is 40.2 Å². The van der Waals surface area contributed by atoms with E-state index in [1.165, 1.54) is 29.8 Å². The molecule has 1 N–H and O–H groups in total. The van der Waals surface area contributed by atoms with Crippen LogP contribution >= 0.6 is 0 Å². The van der Waals surface area contributed by atoms with Crippen LogP contribution < -0.4 is 5.32 Å². The number of fused-ring (bicyclic) bond motifs is 1. The van der Waals surface area contributed by atoms with Crippen LogP contribution in [0.15, 0.2) is 24.5 Å². The smallest absolute Gasteiger partial charge is 0.0540 e. The van der Waals surface area contributed by atoms with Crippen molar-refractivity contribution >= 4 is 0 Å². The summed E-state index contributed by atoms with van der Waals surface area (Å²) >= 11 is 0. The molecule has 0 spiro atoms. The third kappa shape index (κ3) is 2.32. The Morgan fingerprint density at radius 2 is 2.37 bits per heavy atom. The Morgan fingerprint density at radius 1 is 1.47 bits per heavy atom. The second kappa shape index (κ2) is 5.21. The Labute approximate surface area is 114 Å². The molecule has 3 rings (SSSR count). The molecule has 2 aromatic heterocycles. The number of nitrogens with one attached hydrogen (secondary N) is 1. The molecule has 102 valence electrons. The zero-order valence-corrected chi connectivity index (χ0v) is 11.8. The molecule has 2 aromatic rings. The molecule has 4 heteroatoms. The maximum absolute atomic E-state index is 4.40. The van der Waals surface area contributed by atoms with E-state index in [1.807, 2.05) is 17.9 Å². The van der Waals surface area contributed by atoms with Crippen molar-refractivity contribution in [1.29, 1.82) is 0 Å². The maximum Gasteiger partial charge on any atom is 0.0540 e. The van der Waals surface area contributed by atoms with Crippen LogP contribution in [0.5, 0.6) is 0 Å². The van der Waals surface area contributed by atoms with Crippen molar-refractivity contribution in [3.63, 3.8) is 0 Å². The number of rotatable bonds is 4. The SMILES string of the molecule is CCn1cccc1CNC1CCCc2c1cnn2C. The first-order valence-corrected chi connectivity index (χ1v) is 7.17. The monoisotopic (exact) mass is 258 g/mol. The lowest BCUT2D eigenvalue weighted by atomic mass is 9.93. The molecule has 0 saturated heterocycles. The molecule has 0 aromatic carbocycles. The van der Waals surface area contributed by atoms with E-state index >= 15 is 0 Å². The molecular weight excluding hydrogens is 236 g/mol. The van der Waals surface area contributed by atoms with Gasteiger partial charge in [0.2, 0.25) is 0 Å². The van der Waals surface area contributed by atoms with Gasteiger partial charge < -0.3 is 9.88 Å². The van der Waals surface area contributed by atoms with Gasteiger partial charge in [0.25, 0.3) is 0 Å². The van der Waals surface area contributed by atoms with E-state index in [-0.39, 0.29) is 0 Å². The second-order valence-corrected chi connectivity index (χ2v) is 5.28. The average Bonchev–Trinajstić information content (AvgIpc) is 3.03. The van der Waals surface area contributed by atoms with Crippen LogP contribution in [0.2, 0.25) is 0 Å². The number of hydrogen-bond acceptors (Lipinski definition) is 2. The fourth-order valence-electron chi connectivity index (χ4n) is 3.06. The van der Waals surface area contributed by atoms with Crippen LogP contribution in [0.4, 0.5) is 0 Å². The van der Waals surface area contributed by atoms with Gasteiger partial charge in [-0.15, -0.1) is 0 Å². The van der Waals surface area contributed by atoms with Crippen LogP contribution in [0.3, 0.4) is 0 Å². The van der Waals surface area contributed by atoms with Crippen LogP contribution in [0.25, 0.3) is 0 Å². The van der Waals surface area contributed by atoms with Gasteiger partial charge in [-0.25, -0.2) is 0 Å². The minimum absolute atomic E-state index is 0.456. The van der Waals surface area contributed by atoms with Gasteiger partial charge in [0.1, 0.15) is 0 Å². The first-order valence-electron chi connectivity index (χ1n) is 7.17. The molecule has 0 bridgehead atoms. The summed E-state index contributed by atoms with van der Waals surface area (Å²) in [6.07, 6.45) is 7.80. The van der Waals surface area contributed by atoms with Crippen LogP contribution in [0.1, 0.15) is 42.8 Å². The highest BCUT2D eigenvalue weighted by atomic mass is 15.3. The Bertz CT molecular complexity index is 552. The Balaban J connectivity index is 1.71. The van der Waals surface area contributed by atoms with Crippen molar-refractivity contribution in [2.24, 2.45) is 7.05 Å². The molecule has 1 unspecified atom stereocenters. The highest BCUT2D eigenvalue weighted by Crippen LogP contribution is 2.29. The molecule has 1 aliphatic carbocycles. The van der Waals surface area contributed by atoms with E-state index in [0.29, 0.717) is 6.04 Å². The highest BCUT2D eigenvalue weighted by Gasteiger charge is 2.22. The zero-order valence-electron chi connectivity index (χ0n) is 11.8. The number of aromatic nitrogens is 3. The van der Waals surface area contributed by atoms with E-state index in [4.69, 9.17) is 0 Å². The fourth-order valence-corrected chi connectivity index (χ4v) is 3.06. The highest BCUT2D eigenvalue weighted by molar-refractivity contribution is 5.24. The van der Waals surface area contributed by atoms with Crippen molar-refractivity contribution in [2.75, 3.05) is 0 Å². The van der Waals surface area contributed by atoms with Gasteiger partial charge in [0.15, 0.2) is 0 Å². The van der Waals surface area contributed by atoms with Gasteiger partial charge in [-0.1, -0.05) is 0 Å². The van der Waals surface area contributed by atoms with E-state index in [0.717, 1.165) is 19.5 Å². The summed E-state index contributed by atoms with van der Waals surface area (Å²) in [6.45, 7) is 4.15.